The van der Waals surface area contributed by atoms with E-state index in [1.165, 1.54) is 7.11 Å². The summed E-state index contributed by atoms with van der Waals surface area (Å²) >= 11 is 0. The van der Waals surface area contributed by atoms with Crippen molar-refractivity contribution in [1.82, 2.24) is 0 Å². The molecule has 0 saturated heterocycles. The zero-order valence-corrected chi connectivity index (χ0v) is 17.9. The molecule has 1 aliphatic carbocycles. The highest BCUT2D eigenvalue weighted by atomic mass is 16.5. The lowest BCUT2D eigenvalue weighted by Crippen LogP contribution is -2.48. The third-order valence-electron chi connectivity index (χ3n) is 5.82. The lowest BCUT2D eigenvalue weighted by molar-refractivity contribution is -0.152. The molecule has 30 heavy (non-hydrogen) atoms. The number of hydrogen-bond donors (Lipinski definition) is 0. The second-order valence-electron chi connectivity index (χ2n) is 7.64. The van der Waals surface area contributed by atoms with E-state index in [1.54, 1.807) is 33.1 Å². The van der Waals surface area contributed by atoms with E-state index < -0.39 is 29.7 Å². The summed E-state index contributed by atoms with van der Waals surface area (Å²) in [4.78, 5) is 43.4. The molecule has 7 nitrogen and oxygen atoms in total. The Morgan fingerprint density at radius 1 is 1.20 bits per heavy atom. The molecule has 2 aliphatic rings. The monoisotopic (exact) mass is 413 g/mol. The van der Waals surface area contributed by atoms with Crippen molar-refractivity contribution in [2.24, 2.45) is 22.7 Å². The number of methoxy groups -OCH3 is 2. The van der Waals surface area contributed by atoms with Gasteiger partial charge in [-0.2, -0.15) is 0 Å². The predicted octanol–water partition coefficient (Wildman–Crippen LogP) is 3.08. The van der Waals surface area contributed by atoms with Crippen LogP contribution < -0.4 is 4.74 Å². The molecule has 1 aliphatic heterocycles. The molecule has 1 saturated carbocycles. The average Bonchev–Trinajstić information content (AvgIpc) is 2.72. The molecule has 1 fully saturated rings. The van der Waals surface area contributed by atoms with Crippen LogP contribution >= 0.6 is 0 Å². The fourth-order valence-electron chi connectivity index (χ4n) is 4.51. The third kappa shape index (κ3) is 3.76. The molecule has 4 atom stereocenters. The summed E-state index contributed by atoms with van der Waals surface area (Å²) in [7, 11) is 2.83. The minimum Gasteiger partial charge on any atom is -0.497 e. The second-order valence-corrected chi connectivity index (χ2v) is 7.64. The van der Waals surface area contributed by atoms with E-state index >= 15 is 0 Å². The number of ketones is 1. The van der Waals surface area contributed by atoms with E-state index in [-0.39, 0.29) is 18.3 Å². The van der Waals surface area contributed by atoms with Crippen LogP contribution in [0.4, 0.5) is 0 Å². The predicted molar refractivity (Wildman–Crippen MR) is 110 cm³/mol. The van der Waals surface area contributed by atoms with E-state index in [0.29, 0.717) is 29.2 Å². The van der Waals surface area contributed by atoms with Crippen LogP contribution in [-0.4, -0.2) is 44.3 Å². The summed E-state index contributed by atoms with van der Waals surface area (Å²) in [5.41, 5.74) is 2.29. The zero-order valence-electron chi connectivity index (χ0n) is 17.9. The van der Waals surface area contributed by atoms with Crippen molar-refractivity contribution in [3.63, 3.8) is 0 Å². The highest BCUT2D eigenvalue weighted by molar-refractivity contribution is 6.17. The molecule has 0 aromatic heterocycles. The third-order valence-corrected chi connectivity index (χ3v) is 5.82. The van der Waals surface area contributed by atoms with Gasteiger partial charge in [-0.3, -0.25) is 14.6 Å². The minimum atomic E-state index is -0.895. The molecular formula is C23H27NO6. The van der Waals surface area contributed by atoms with E-state index in [9.17, 15) is 14.4 Å². The van der Waals surface area contributed by atoms with Crippen molar-refractivity contribution in [1.29, 1.82) is 0 Å². The summed E-state index contributed by atoms with van der Waals surface area (Å²) in [6.07, 6.45) is 0.476. The molecule has 1 aromatic carbocycles. The Kier molecular flexibility index (Phi) is 6.39. The van der Waals surface area contributed by atoms with Crippen LogP contribution in [0, 0.1) is 17.8 Å². The summed E-state index contributed by atoms with van der Waals surface area (Å²) in [5, 5.41) is 0. The standard InChI is InChI=1S/C23H27NO6/c1-6-30-23(27)18-13(3)24-16-10-12(2)17(22(26)29-5)21(25)20(16)19(18)14-8-7-9-15(11-14)28-4/h7-9,11-12,17,19-20H,6,10H2,1-5H3/t12-,17+,19+,20+/m1/s1. The molecule has 0 amide bonds. The second kappa shape index (κ2) is 8.81. The largest absolute Gasteiger partial charge is 0.497 e. The molecule has 7 heteroatoms. The first kappa shape index (κ1) is 21.7. The number of allylic oxidation sites excluding steroid dienone is 1. The molecule has 0 bridgehead atoms. The van der Waals surface area contributed by atoms with Gasteiger partial charge in [0.25, 0.3) is 0 Å². The molecule has 0 radical (unpaired) electrons. The number of carbonyl (C=O) groups is 3. The highest BCUT2D eigenvalue weighted by Crippen LogP contribution is 2.46. The van der Waals surface area contributed by atoms with Crippen molar-refractivity contribution >= 4 is 23.4 Å². The Bertz CT molecular complexity index is 931. The number of ether oxygens (including phenoxy) is 3. The number of esters is 2. The molecule has 1 heterocycles. The molecule has 0 unspecified atom stereocenters. The number of carbonyl (C=O) groups excluding carboxylic acids is 3. The van der Waals surface area contributed by atoms with Crippen LogP contribution in [0.1, 0.15) is 38.7 Å². The fraction of sp³-hybridized carbons (Fsp3) is 0.478. The highest BCUT2D eigenvalue weighted by Gasteiger charge is 2.51. The normalized spacial score (nSPS) is 25.9. The van der Waals surface area contributed by atoms with E-state index in [0.717, 1.165) is 5.56 Å². The van der Waals surface area contributed by atoms with Gasteiger partial charge in [0.2, 0.25) is 0 Å². The minimum absolute atomic E-state index is 0.206. The Labute approximate surface area is 176 Å². The summed E-state index contributed by atoms with van der Waals surface area (Å²) in [6, 6.07) is 7.26. The first-order chi connectivity index (χ1) is 14.3. The van der Waals surface area contributed by atoms with Crippen LogP contribution in [-0.2, 0) is 23.9 Å². The quantitative estimate of drug-likeness (QED) is 0.544. The van der Waals surface area contributed by atoms with Gasteiger partial charge in [-0.15, -0.1) is 0 Å². The molecule has 0 N–H and O–H groups in total. The SMILES string of the molecule is CCOC(=O)C1=C(C)N=C2C[C@@H](C)[C@H](C(=O)OC)C(=O)[C@@H]2[C@H]1c1cccc(OC)c1. The van der Waals surface area contributed by atoms with Crippen LogP contribution in [0.3, 0.4) is 0 Å². The van der Waals surface area contributed by atoms with Crippen molar-refractivity contribution in [3.05, 3.63) is 41.1 Å². The number of hydrogen-bond acceptors (Lipinski definition) is 7. The van der Waals surface area contributed by atoms with Crippen molar-refractivity contribution in [2.45, 2.75) is 33.1 Å². The first-order valence-corrected chi connectivity index (χ1v) is 10.0. The molecular weight excluding hydrogens is 386 g/mol. The van der Waals surface area contributed by atoms with Gasteiger partial charge in [0, 0.05) is 17.3 Å². The van der Waals surface area contributed by atoms with Gasteiger partial charge in [0.1, 0.15) is 11.7 Å². The molecule has 1 aromatic rings. The topological polar surface area (TPSA) is 91.3 Å². The molecule has 160 valence electrons. The van der Waals surface area contributed by atoms with Gasteiger partial charge < -0.3 is 14.2 Å². The van der Waals surface area contributed by atoms with Gasteiger partial charge in [-0.25, -0.2) is 4.79 Å². The lowest BCUT2D eigenvalue weighted by atomic mass is 9.63. The number of aliphatic imine (C=N–C) groups is 1. The Balaban J connectivity index is 2.19. The van der Waals surface area contributed by atoms with Crippen LogP contribution in [0.25, 0.3) is 0 Å². The van der Waals surface area contributed by atoms with Gasteiger partial charge >= 0.3 is 11.9 Å². The van der Waals surface area contributed by atoms with Crippen molar-refractivity contribution in [2.75, 3.05) is 20.8 Å². The Morgan fingerprint density at radius 2 is 1.93 bits per heavy atom. The lowest BCUT2D eigenvalue weighted by Gasteiger charge is -2.40. The van der Waals surface area contributed by atoms with E-state index in [2.05, 4.69) is 4.99 Å². The van der Waals surface area contributed by atoms with Crippen LogP contribution in [0.2, 0.25) is 0 Å². The number of fused-ring (bicyclic) bond motifs is 1. The van der Waals surface area contributed by atoms with E-state index in [1.807, 2.05) is 19.1 Å². The Morgan fingerprint density at radius 3 is 2.57 bits per heavy atom. The van der Waals surface area contributed by atoms with E-state index in [4.69, 9.17) is 14.2 Å². The maximum absolute atomic E-state index is 13.6. The number of Topliss-reactive ketones (excluding diaryl/α,β-unsaturated/α-hetero) is 1. The first-order valence-electron chi connectivity index (χ1n) is 10.0. The maximum atomic E-state index is 13.6. The average molecular weight is 413 g/mol. The summed E-state index contributed by atoms with van der Waals surface area (Å²) in [5.74, 6) is -3.21. The maximum Gasteiger partial charge on any atom is 0.336 e. The molecule has 3 rings (SSSR count). The fourth-order valence-corrected chi connectivity index (χ4v) is 4.51. The number of rotatable bonds is 5. The van der Waals surface area contributed by atoms with Gasteiger partial charge in [-0.05, 0) is 43.9 Å². The van der Waals surface area contributed by atoms with Crippen LogP contribution in [0.5, 0.6) is 5.75 Å². The number of benzene rings is 1. The number of nitrogens with zero attached hydrogens (tertiary/aromatic N) is 1. The van der Waals surface area contributed by atoms with Gasteiger partial charge in [0.15, 0.2) is 5.78 Å². The van der Waals surface area contributed by atoms with Crippen molar-refractivity contribution in [3.8, 4) is 5.75 Å². The smallest absolute Gasteiger partial charge is 0.336 e. The summed E-state index contributed by atoms with van der Waals surface area (Å²) < 4.78 is 15.5. The zero-order chi connectivity index (χ0) is 22.0. The molecule has 0 spiro atoms. The van der Waals surface area contributed by atoms with Gasteiger partial charge in [-0.1, -0.05) is 19.1 Å². The van der Waals surface area contributed by atoms with Gasteiger partial charge in [0.05, 0.1) is 32.3 Å². The van der Waals surface area contributed by atoms with Crippen LogP contribution in [0.15, 0.2) is 40.5 Å². The van der Waals surface area contributed by atoms with Crippen molar-refractivity contribution < 1.29 is 28.6 Å². The summed E-state index contributed by atoms with van der Waals surface area (Å²) in [6.45, 7) is 5.53. The Hall–Kier alpha value is -2.96.